The highest BCUT2D eigenvalue weighted by atomic mass is 35.5. The van der Waals surface area contributed by atoms with Crippen LogP contribution in [0.2, 0.25) is 0 Å². The fraction of sp³-hybridized carbons (Fsp3) is 0.452. The third-order valence-corrected chi connectivity index (χ3v) is 8.43. The van der Waals surface area contributed by atoms with E-state index in [0.717, 1.165) is 79.2 Å². The summed E-state index contributed by atoms with van der Waals surface area (Å²) >= 11 is 0. The molecule has 8 nitrogen and oxygen atoms in total. The Morgan fingerprint density at radius 3 is 2.60 bits per heavy atom. The molecule has 3 heterocycles. The molecule has 2 N–H and O–H groups in total. The molecule has 2 aromatic carbocycles. The highest BCUT2D eigenvalue weighted by Crippen LogP contribution is 2.35. The zero-order valence-electron chi connectivity index (χ0n) is 23.4. The fourth-order valence-electron chi connectivity index (χ4n) is 5.95. The Morgan fingerprint density at radius 2 is 1.85 bits per heavy atom. The van der Waals surface area contributed by atoms with Crippen LogP contribution in [0.4, 0.5) is 11.4 Å². The van der Waals surface area contributed by atoms with Crippen LogP contribution < -0.4 is 15.6 Å². The van der Waals surface area contributed by atoms with Crippen LogP contribution in [0.25, 0.3) is 0 Å². The SMILES string of the molecule is Cc1cc(C(=O)N2CC3=CNN(C)C3=Nc3ccccc32)ccc1CCC(=O)N(CC1CCNCC1)C1CC1.Cl. The van der Waals surface area contributed by atoms with Gasteiger partial charge in [0, 0.05) is 43.4 Å². The minimum absolute atomic E-state index is 0. The van der Waals surface area contributed by atoms with Crippen LogP contribution in [0.5, 0.6) is 0 Å². The zero-order valence-corrected chi connectivity index (χ0v) is 24.2. The van der Waals surface area contributed by atoms with E-state index in [1.54, 1.807) is 0 Å². The molecule has 2 amide bonds. The topological polar surface area (TPSA) is 80.3 Å². The lowest BCUT2D eigenvalue weighted by atomic mass is 9.96. The third-order valence-electron chi connectivity index (χ3n) is 8.43. The molecule has 0 aromatic heterocycles. The molecule has 6 rings (SSSR count). The minimum atomic E-state index is -0.0537. The lowest BCUT2D eigenvalue weighted by Crippen LogP contribution is -2.40. The average molecular weight is 563 g/mol. The maximum Gasteiger partial charge on any atom is 0.258 e. The lowest BCUT2D eigenvalue weighted by molar-refractivity contribution is -0.132. The van der Waals surface area contributed by atoms with Gasteiger partial charge in [-0.25, -0.2) is 4.99 Å². The van der Waals surface area contributed by atoms with Gasteiger partial charge in [-0.05, 0) is 93.4 Å². The van der Waals surface area contributed by atoms with Crippen LogP contribution in [0, 0.1) is 12.8 Å². The number of piperidine rings is 1. The Morgan fingerprint density at radius 1 is 1.07 bits per heavy atom. The number of hydrogen-bond donors (Lipinski definition) is 2. The van der Waals surface area contributed by atoms with Gasteiger partial charge in [0.05, 0.1) is 17.9 Å². The molecule has 2 aromatic rings. The first-order chi connectivity index (χ1) is 19.0. The van der Waals surface area contributed by atoms with E-state index in [-0.39, 0.29) is 24.2 Å². The quantitative estimate of drug-likeness (QED) is 0.524. The van der Waals surface area contributed by atoms with Crippen molar-refractivity contribution in [1.29, 1.82) is 0 Å². The summed E-state index contributed by atoms with van der Waals surface area (Å²) in [5.41, 5.74) is 8.54. The first kappa shape index (κ1) is 28.2. The fourth-order valence-corrected chi connectivity index (χ4v) is 5.95. The van der Waals surface area contributed by atoms with E-state index in [4.69, 9.17) is 4.99 Å². The molecule has 0 unspecified atom stereocenters. The monoisotopic (exact) mass is 562 g/mol. The third kappa shape index (κ3) is 5.88. The van der Waals surface area contributed by atoms with Gasteiger partial charge in [0.25, 0.3) is 5.91 Å². The van der Waals surface area contributed by atoms with Crippen molar-refractivity contribution in [2.75, 3.05) is 38.1 Å². The number of nitrogens with one attached hydrogen (secondary N) is 2. The number of halogens is 1. The number of likely N-dealkylation sites (N-methyl/N-ethyl adjacent to an activating group) is 1. The summed E-state index contributed by atoms with van der Waals surface area (Å²) < 4.78 is 0. The molecule has 0 bridgehead atoms. The van der Waals surface area contributed by atoms with Crippen LogP contribution in [0.3, 0.4) is 0 Å². The molecule has 0 spiro atoms. The van der Waals surface area contributed by atoms with Crippen molar-refractivity contribution in [3.05, 3.63) is 70.9 Å². The van der Waals surface area contributed by atoms with Gasteiger partial charge < -0.3 is 20.5 Å². The van der Waals surface area contributed by atoms with Crippen LogP contribution in [0.1, 0.15) is 53.6 Å². The summed E-state index contributed by atoms with van der Waals surface area (Å²) in [5.74, 6) is 1.66. The molecule has 212 valence electrons. The van der Waals surface area contributed by atoms with Crippen molar-refractivity contribution in [3.8, 4) is 0 Å². The number of amidine groups is 1. The highest BCUT2D eigenvalue weighted by molar-refractivity contribution is 6.12. The number of benzene rings is 2. The summed E-state index contributed by atoms with van der Waals surface area (Å²) in [5, 5.41) is 5.30. The molecule has 1 saturated heterocycles. The number of anilines is 1. The molecular weight excluding hydrogens is 524 g/mol. The van der Waals surface area contributed by atoms with E-state index in [9.17, 15) is 9.59 Å². The first-order valence-electron chi connectivity index (χ1n) is 14.3. The number of fused-ring (bicyclic) bond motifs is 2. The van der Waals surface area contributed by atoms with Gasteiger partial charge in [0.2, 0.25) is 5.91 Å². The van der Waals surface area contributed by atoms with E-state index < -0.39 is 0 Å². The number of carbonyl (C=O) groups is 2. The van der Waals surface area contributed by atoms with E-state index in [1.807, 2.05) is 72.5 Å². The summed E-state index contributed by atoms with van der Waals surface area (Å²) in [4.78, 5) is 35.9. The number of aliphatic imine (C=N–C) groups is 1. The summed E-state index contributed by atoms with van der Waals surface area (Å²) in [7, 11) is 1.92. The molecule has 0 atom stereocenters. The number of para-hydroxylation sites is 2. The largest absolute Gasteiger partial charge is 0.339 e. The zero-order chi connectivity index (χ0) is 26.9. The summed E-state index contributed by atoms with van der Waals surface area (Å²) in [6.45, 7) is 5.51. The summed E-state index contributed by atoms with van der Waals surface area (Å²) in [6, 6.07) is 14.1. The van der Waals surface area contributed by atoms with Crippen LogP contribution in [-0.4, -0.2) is 66.8 Å². The molecule has 1 aliphatic carbocycles. The number of aryl methyl sites for hydroxylation is 2. The Bertz CT molecular complexity index is 1330. The van der Waals surface area contributed by atoms with E-state index in [1.165, 1.54) is 0 Å². The van der Waals surface area contributed by atoms with Gasteiger partial charge in [0.15, 0.2) is 5.84 Å². The summed E-state index contributed by atoms with van der Waals surface area (Å²) in [6.07, 6.45) is 7.72. The Hall–Kier alpha value is -3.36. The molecular formula is C31H39ClN6O2. The predicted molar refractivity (Wildman–Crippen MR) is 161 cm³/mol. The highest BCUT2D eigenvalue weighted by Gasteiger charge is 2.34. The number of hydrogen-bond acceptors (Lipinski definition) is 6. The number of nitrogens with zero attached hydrogens (tertiary/aromatic N) is 4. The second-order valence-corrected chi connectivity index (χ2v) is 11.3. The van der Waals surface area contributed by atoms with Crippen molar-refractivity contribution in [1.82, 2.24) is 20.7 Å². The van der Waals surface area contributed by atoms with E-state index >= 15 is 0 Å². The van der Waals surface area contributed by atoms with Crippen LogP contribution in [-0.2, 0) is 11.2 Å². The van der Waals surface area contributed by atoms with Gasteiger partial charge >= 0.3 is 0 Å². The number of carbonyl (C=O) groups excluding carboxylic acids is 2. The standard InChI is InChI=1S/C31H38N6O2.ClH/c1-21-17-24(31(39)37-20-25-18-33-35(2)30(25)34-27-5-3-4-6-28(27)37)8-7-23(21)9-12-29(38)36(26-10-11-26)19-22-13-15-32-16-14-22;/h3-8,17-18,22,26,32-33H,9-16,19-20H2,1-2H3;1H. The van der Waals surface area contributed by atoms with Gasteiger partial charge in [-0.2, -0.15) is 0 Å². The van der Waals surface area contributed by atoms with E-state index in [2.05, 4.69) is 15.6 Å². The smallest absolute Gasteiger partial charge is 0.258 e. The molecule has 9 heteroatoms. The molecule has 3 aliphatic heterocycles. The van der Waals surface area contributed by atoms with Crippen molar-refractivity contribution in [2.45, 2.75) is 51.5 Å². The average Bonchev–Trinajstić information content (AvgIpc) is 3.76. The molecule has 4 aliphatic rings. The van der Waals surface area contributed by atoms with Crippen LogP contribution >= 0.6 is 12.4 Å². The Kier molecular flexibility index (Phi) is 8.47. The van der Waals surface area contributed by atoms with Gasteiger partial charge in [0.1, 0.15) is 0 Å². The molecule has 2 fully saturated rings. The molecule has 40 heavy (non-hydrogen) atoms. The van der Waals surface area contributed by atoms with Crippen molar-refractivity contribution in [2.24, 2.45) is 10.9 Å². The van der Waals surface area contributed by atoms with E-state index in [0.29, 0.717) is 36.9 Å². The normalized spacial score (nSPS) is 18.4. The number of rotatable bonds is 7. The van der Waals surface area contributed by atoms with Crippen molar-refractivity contribution < 1.29 is 9.59 Å². The van der Waals surface area contributed by atoms with Gasteiger partial charge in [-0.3, -0.25) is 14.6 Å². The second kappa shape index (κ2) is 12.0. The maximum atomic E-state index is 13.8. The Labute approximate surface area is 242 Å². The van der Waals surface area contributed by atoms with Crippen molar-refractivity contribution >= 4 is 41.4 Å². The van der Waals surface area contributed by atoms with Crippen LogP contribution in [0.15, 0.2) is 59.2 Å². The lowest BCUT2D eigenvalue weighted by Gasteiger charge is -2.30. The second-order valence-electron chi connectivity index (χ2n) is 11.3. The minimum Gasteiger partial charge on any atom is -0.339 e. The van der Waals surface area contributed by atoms with Gasteiger partial charge in [-0.1, -0.05) is 18.2 Å². The Balaban J connectivity index is 0.00000323. The van der Waals surface area contributed by atoms with Crippen molar-refractivity contribution in [3.63, 3.8) is 0 Å². The number of amides is 2. The first-order valence-corrected chi connectivity index (χ1v) is 14.3. The van der Waals surface area contributed by atoms with Gasteiger partial charge in [-0.15, -0.1) is 12.4 Å². The maximum absolute atomic E-state index is 13.8. The number of hydrazine groups is 1. The molecule has 1 saturated carbocycles. The predicted octanol–water partition coefficient (Wildman–Crippen LogP) is 4.36. The molecule has 0 radical (unpaired) electrons.